The highest BCUT2D eigenvalue weighted by Crippen LogP contribution is 2.37. The summed E-state index contributed by atoms with van der Waals surface area (Å²) >= 11 is 0. The predicted molar refractivity (Wildman–Crippen MR) is 78.8 cm³/mol. The topological polar surface area (TPSA) is 73.6 Å². The quantitative estimate of drug-likeness (QED) is 0.449. The van der Waals surface area contributed by atoms with E-state index in [2.05, 4.69) is 19.2 Å². The van der Waals surface area contributed by atoms with Crippen LogP contribution in [0, 0.1) is 16.0 Å². The summed E-state index contributed by atoms with van der Waals surface area (Å²) in [4.78, 5) is 10.7. The Balaban J connectivity index is 2.89. The summed E-state index contributed by atoms with van der Waals surface area (Å²) < 4.78 is 10.3. The molecule has 0 radical (unpaired) electrons. The lowest BCUT2D eigenvalue weighted by Crippen LogP contribution is -2.06. The van der Waals surface area contributed by atoms with Gasteiger partial charge in [0.2, 0.25) is 0 Å². The molecule has 0 amide bonds. The van der Waals surface area contributed by atoms with E-state index in [9.17, 15) is 10.1 Å². The summed E-state index contributed by atoms with van der Waals surface area (Å²) in [6.45, 7) is 4.99. The van der Waals surface area contributed by atoms with Crippen molar-refractivity contribution in [2.45, 2.75) is 26.7 Å². The molecule has 0 bridgehead atoms. The van der Waals surface area contributed by atoms with Gasteiger partial charge in [0, 0.05) is 12.6 Å². The molecule has 0 saturated heterocycles. The van der Waals surface area contributed by atoms with Crippen LogP contribution in [-0.4, -0.2) is 25.7 Å². The first-order valence-electron chi connectivity index (χ1n) is 6.63. The Morgan fingerprint density at radius 3 is 2.35 bits per heavy atom. The molecule has 1 N–H and O–H groups in total. The highest BCUT2D eigenvalue weighted by molar-refractivity contribution is 5.68. The first kappa shape index (κ1) is 16.1. The number of hydrogen-bond acceptors (Lipinski definition) is 5. The molecule has 0 atom stereocenters. The number of hydrogen-bond donors (Lipinski definition) is 1. The van der Waals surface area contributed by atoms with Crippen LogP contribution in [0.3, 0.4) is 0 Å². The fourth-order valence-electron chi connectivity index (χ4n) is 1.89. The minimum atomic E-state index is -0.424. The van der Waals surface area contributed by atoms with Gasteiger partial charge in [0.25, 0.3) is 5.69 Å². The third kappa shape index (κ3) is 4.29. The van der Waals surface area contributed by atoms with E-state index in [1.54, 1.807) is 6.07 Å². The van der Waals surface area contributed by atoms with Gasteiger partial charge in [-0.2, -0.15) is 0 Å². The van der Waals surface area contributed by atoms with Crippen LogP contribution in [-0.2, 0) is 0 Å². The van der Waals surface area contributed by atoms with Crippen molar-refractivity contribution in [1.82, 2.24) is 0 Å². The largest absolute Gasteiger partial charge is 0.493 e. The Kier molecular flexibility index (Phi) is 6.09. The van der Waals surface area contributed by atoms with Crippen molar-refractivity contribution in [3.05, 3.63) is 22.2 Å². The highest BCUT2D eigenvalue weighted by atomic mass is 16.6. The minimum absolute atomic E-state index is 0.00723. The SMILES string of the molecule is COc1cc(NCCCC(C)C)c([N+](=O)[O-])cc1OC. The average Bonchev–Trinajstić information content (AvgIpc) is 2.42. The molecule has 0 unspecified atom stereocenters. The Bertz CT molecular complexity index is 461. The van der Waals surface area contributed by atoms with Gasteiger partial charge in [0.15, 0.2) is 11.5 Å². The second kappa shape index (κ2) is 7.57. The highest BCUT2D eigenvalue weighted by Gasteiger charge is 2.19. The lowest BCUT2D eigenvalue weighted by atomic mass is 10.1. The number of anilines is 1. The van der Waals surface area contributed by atoms with Crippen LogP contribution < -0.4 is 14.8 Å². The molecule has 1 aromatic carbocycles. The van der Waals surface area contributed by atoms with Crippen molar-refractivity contribution in [3.63, 3.8) is 0 Å². The maximum Gasteiger partial charge on any atom is 0.296 e. The summed E-state index contributed by atoms with van der Waals surface area (Å²) in [5.74, 6) is 1.45. The molecule has 6 nitrogen and oxygen atoms in total. The number of ether oxygens (including phenoxy) is 2. The van der Waals surface area contributed by atoms with E-state index in [-0.39, 0.29) is 5.69 Å². The number of benzene rings is 1. The van der Waals surface area contributed by atoms with Gasteiger partial charge in [-0.3, -0.25) is 10.1 Å². The van der Waals surface area contributed by atoms with Gasteiger partial charge in [-0.1, -0.05) is 13.8 Å². The molecule has 0 spiro atoms. The second-order valence-corrected chi connectivity index (χ2v) is 4.94. The van der Waals surface area contributed by atoms with Crippen molar-refractivity contribution in [2.75, 3.05) is 26.1 Å². The normalized spacial score (nSPS) is 10.4. The van der Waals surface area contributed by atoms with Crippen LogP contribution in [0.15, 0.2) is 12.1 Å². The van der Waals surface area contributed by atoms with Gasteiger partial charge in [-0.15, -0.1) is 0 Å². The van der Waals surface area contributed by atoms with E-state index >= 15 is 0 Å². The third-order valence-electron chi connectivity index (χ3n) is 2.97. The van der Waals surface area contributed by atoms with E-state index in [1.807, 2.05) is 0 Å². The van der Waals surface area contributed by atoms with Gasteiger partial charge in [-0.25, -0.2) is 0 Å². The molecule has 112 valence electrons. The molecular weight excluding hydrogens is 260 g/mol. The van der Waals surface area contributed by atoms with E-state index in [4.69, 9.17) is 9.47 Å². The summed E-state index contributed by atoms with van der Waals surface area (Å²) in [6, 6.07) is 2.98. The van der Waals surface area contributed by atoms with E-state index in [0.29, 0.717) is 29.6 Å². The monoisotopic (exact) mass is 282 g/mol. The molecular formula is C14H22N2O4. The van der Waals surface area contributed by atoms with E-state index in [0.717, 1.165) is 12.8 Å². The van der Waals surface area contributed by atoms with Crippen molar-refractivity contribution >= 4 is 11.4 Å². The predicted octanol–water partition coefficient (Wildman–Crippen LogP) is 3.46. The van der Waals surface area contributed by atoms with Crippen LogP contribution >= 0.6 is 0 Å². The maximum atomic E-state index is 11.1. The zero-order chi connectivity index (χ0) is 15.1. The smallest absolute Gasteiger partial charge is 0.296 e. The Labute approximate surface area is 119 Å². The molecule has 20 heavy (non-hydrogen) atoms. The standard InChI is InChI=1S/C14H22N2O4/c1-10(2)6-5-7-15-11-8-13(19-3)14(20-4)9-12(11)16(17)18/h8-10,15H,5-7H2,1-4H3. The van der Waals surface area contributed by atoms with Crippen LogP contribution in [0.2, 0.25) is 0 Å². The van der Waals surface area contributed by atoms with Crippen molar-refractivity contribution < 1.29 is 14.4 Å². The lowest BCUT2D eigenvalue weighted by Gasteiger charge is -2.12. The molecule has 0 fully saturated rings. The molecule has 0 aliphatic rings. The molecule has 0 aliphatic carbocycles. The van der Waals surface area contributed by atoms with E-state index < -0.39 is 4.92 Å². The first-order chi connectivity index (χ1) is 9.49. The fraction of sp³-hybridized carbons (Fsp3) is 0.571. The van der Waals surface area contributed by atoms with Gasteiger partial charge < -0.3 is 14.8 Å². The van der Waals surface area contributed by atoms with Gasteiger partial charge in [-0.05, 0) is 18.8 Å². The van der Waals surface area contributed by atoms with Crippen LogP contribution in [0.5, 0.6) is 11.5 Å². The number of nitrogens with one attached hydrogen (secondary N) is 1. The van der Waals surface area contributed by atoms with Crippen molar-refractivity contribution in [2.24, 2.45) is 5.92 Å². The maximum absolute atomic E-state index is 11.1. The Morgan fingerprint density at radius 1 is 1.25 bits per heavy atom. The number of nitro groups is 1. The zero-order valence-corrected chi connectivity index (χ0v) is 12.4. The van der Waals surface area contributed by atoms with Crippen molar-refractivity contribution in [3.8, 4) is 11.5 Å². The third-order valence-corrected chi connectivity index (χ3v) is 2.97. The van der Waals surface area contributed by atoms with Crippen molar-refractivity contribution in [1.29, 1.82) is 0 Å². The van der Waals surface area contributed by atoms with Gasteiger partial charge in [0.05, 0.1) is 25.2 Å². The summed E-state index contributed by atoms with van der Waals surface area (Å²) in [6.07, 6.45) is 2.04. The molecule has 0 heterocycles. The molecule has 6 heteroatoms. The summed E-state index contributed by atoms with van der Waals surface area (Å²) in [5.41, 5.74) is 0.448. The number of nitro benzene ring substituents is 1. The Hall–Kier alpha value is -1.98. The number of nitrogens with zero attached hydrogens (tertiary/aromatic N) is 1. The molecule has 1 aromatic rings. The number of rotatable bonds is 8. The summed E-state index contributed by atoms with van der Waals surface area (Å²) in [7, 11) is 2.96. The number of methoxy groups -OCH3 is 2. The van der Waals surface area contributed by atoms with Crippen LogP contribution in [0.4, 0.5) is 11.4 Å². The lowest BCUT2D eigenvalue weighted by molar-refractivity contribution is -0.384. The minimum Gasteiger partial charge on any atom is -0.493 e. The average molecular weight is 282 g/mol. The van der Waals surface area contributed by atoms with Crippen LogP contribution in [0.1, 0.15) is 26.7 Å². The molecule has 0 saturated carbocycles. The molecule has 0 aromatic heterocycles. The first-order valence-corrected chi connectivity index (χ1v) is 6.63. The fourth-order valence-corrected chi connectivity index (χ4v) is 1.89. The molecule has 0 aliphatic heterocycles. The Morgan fingerprint density at radius 2 is 1.85 bits per heavy atom. The molecule has 1 rings (SSSR count). The summed E-state index contributed by atoms with van der Waals surface area (Å²) in [5, 5.41) is 14.2. The van der Waals surface area contributed by atoms with Gasteiger partial charge >= 0.3 is 0 Å². The second-order valence-electron chi connectivity index (χ2n) is 4.94. The van der Waals surface area contributed by atoms with E-state index in [1.165, 1.54) is 20.3 Å². The zero-order valence-electron chi connectivity index (χ0n) is 12.4. The van der Waals surface area contributed by atoms with Gasteiger partial charge in [0.1, 0.15) is 5.69 Å². The van der Waals surface area contributed by atoms with Crippen LogP contribution in [0.25, 0.3) is 0 Å².